The molecule has 1 aliphatic carbocycles. The van der Waals surface area contributed by atoms with Crippen LogP contribution in [0.4, 0.5) is 0 Å². The van der Waals surface area contributed by atoms with Crippen molar-refractivity contribution in [1.29, 1.82) is 0 Å². The summed E-state index contributed by atoms with van der Waals surface area (Å²) in [5.41, 5.74) is 3.54. The molecule has 0 saturated carbocycles. The topological polar surface area (TPSA) is 36.2 Å². The van der Waals surface area contributed by atoms with Crippen molar-refractivity contribution >= 4 is 15.9 Å². The van der Waals surface area contributed by atoms with Crippen LogP contribution in [0.1, 0.15) is 51.1 Å². The number of hydrogen-bond donors (Lipinski definition) is 0. The fourth-order valence-corrected chi connectivity index (χ4v) is 5.34. The van der Waals surface area contributed by atoms with E-state index in [0.29, 0.717) is 10.4 Å². The van der Waals surface area contributed by atoms with Gasteiger partial charge in [-0.1, -0.05) is 48.0 Å². The van der Waals surface area contributed by atoms with E-state index in [1.807, 2.05) is 60.7 Å². The van der Waals surface area contributed by atoms with Gasteiger partial charge in [-0.25, -0.2) is 4.68 Å². The Balaban J connectivity index is 1.34. The SMILES string of the molecule is CCn1c(CCC2=CCCC(CCOc3ccccc3)CC2)c(Br)c(=O)n1-c1ccccc1. The maximum atomic E-state index is 13.0. The third kappa shape index (κ3) is 5.89. The summed E-state index contributed by atoms with van der Waals surface area (Å²) in [6.07, 6.45) is 10.2. The summed E-state index contributed by atoms with van der Waals surface area (Å²) < 4.78 is 10.5. The van der Waals surface area contributed by atoms with Crippen LogP contribution in [-0.2, 0) is 13.0 Å². The number of para-hydroxylation sites is 2. The van der Waals surface area contributed by atoms with Crippen molar-refractivity contribution in [2.75, 3.05) is 6.61 Å². The predicted octanol–water partition coefficient (Wildman–Crippen LogP) is 6.94. The zero-order valence-corrected chi connectivity index (χ0v) is 21.0. The van der Waals surface area contributed by atoms with Crippen LogP contribution in [0.15, 0.2) is 81.6 Å². The van der Waals surface area contributed by atoms with E-state index in [0.717, 1.165) is 62.4 Å². The van der Waals surface area contributed by atoms with E-state index in [1.165, 1.54) is 18.4 Å². The van der Waals surface area contributed by atoms with E-state index >= 15 is 0 Å². The Labute approximate surface area is 205 Å². The second kappa shape index (κ2) is 11.6. The van der Waals surface area contributed by atoms with Crippen LogP contribution in [0.5, 0.6) is 5.75 Å². The second-order valence-corrected chi connectivity index (χ2v) is 9.52. The summed E-state index contributed by atoms with van der Waals surface area (Å²) in [5, 5.41) is 0. The smallest absolute Gasteiger partial charge is 0.285 e. The molecule has 174 valence electrons. The Morgan fingerprint density at radius 2 is 1.73 bits per heavy atom. The number of nitrogens with zero attached hydrogens (tertiary/aromatic N) is 2. The van der Waals surface area contributed by atoms with Gasteiger partial charge in [-0.2, -0.15) is 0 Å². The quantitative estimate of drug-likeness (QED) is 0.293. The lowest BCUT2D eigenvalue weighted by atomic mass is 9.95. The Morgan fingerprint density at radius 1 is 1.00 bits per heavy atom. The summed E-state index contributed by atoms with van der Waals surface area (Å²) in [6.45, 7) is 3.64. The summed E-state index contributed by atoms with van der Waals surface area (Å²) in [4.78, 5) is 13.0. The van der Waals surface area contributed by atoms with Gasteiger partial charge in [0.25, 0.3) is 5.56 Å². The molecule has 1 atom stereocenters. The number of halogens is 1. The molecule has 0 spiro atoms. The van der Waals surface area contributed by atoms with Crippen LogP contribution in [0.2, 0.25) is 0 Å². The number of allylic oxidation sites excluding steroid dienone is 2. The van der Waals surface area contributed by atoms with Gasteiger partial charge >= 0.3 is 0 Å². The highest BCUT2D eigenvalue weighted by molar-refractivity contribution is 9.10. The van der Waals surface area contributed by atoms with Gasteiger partial charge in [-0.05, 0) is 98.0 Å². The molecule has 33 heavy (non-hydrogen) atoms. The molecule has 1 heterocycles. The molecule has 0 amide bonds. The summed E-state index contributed by atoms with van der Waals surface area (Å²) in [5.74, 6) is 1.67. The van der Waals surface area contributed by atoms with E-state index in [1.54, 1.807) is 4.68 Å². The molecule has 4 nitrogen and oxygen atoms in total. The van der Waals surface area contributed by atoms with Crippen molar-refractivity contribution in [2.45, 2.75) is 58.4 Å². The van der Waals surface area contributed by atoms with E-state index in [2.05, 4.69) is 33.6 Å². The van der Waals surface area contributed by atoms with Crippen molar-refractivity contribution in [1.82, 2.24) is 9.36 Å². The van der Waals surface area contributed by atoms with Gasteiger partial charge in [0.15, 0.2) is 0 Å². The molecule has 1 unspecified atom stereocenters. The first kappa shape index (κ1) is 23.6. The Hall–Kier alpha value is -2.53. The van der Waals surface area contributed by atoms with Crippen molar-refractivity contribution < 1.29 is 4.74 Å². The highest BCUT2D eigenvalue weighted by atomic mass is 79.9. The Bertz CT molecular complexity index is 1120. The number of hydrogen-bond acceptors (Lipinski definition) is 2. The van der Waals surface area contributed by atoms with Crippen LogP contribution < -0.4 is 10.3 Å². The molecule has 3 aromatic rings. The minimum absolute atomic E-state index is 0.0198. The van der Waals surface area contributed by atoms with Crippen LogP contribution in [0.3, 0.4) is 0 Å². The molecule has 1 aromatic heterocycles. The summed E-state index contributed by atoms with van der Waals surface area (Å²) in [7, 11) is 0. The van der Waals surface area contributed by atoms with Gasteiger partial charge in [0.1, 0.15) is 10.2 Å². The van der Waals surface area contributed by atoms with Crippen LogP contribution in [0.25, 0.3) is 5.69 Å². The average Bonchev–Trinajstić information content (AvgIpc) is 2.98. The largest absolute Gasteiger partial charge is 0.494 e. The zero-order valence-electron chi connectivity index (χ0n) is 19.4. The van der Waals surface area contributed by atoms with Crippen molar-refractivity contribution in [3.63, 3.8) is 0 Å². The van der Waals surface area contributed by atoms with E-state index in [9.17, 15) is 4.79 Å². The molecule has 0 saturated heterocycles. The molecule has 0 radical (unpaired) electrons. The molecule has 2 aromatic carbocycles. The maximum Gasteiger partial charge on any atom is 0.285 e. The van der Waals surface area contributed by atoms with Gasteiger partial charge in [0.2, 0.25) is 0 Å². The summed E-state index contributed by atoms with van der Waals surface area (Å²) in [6, 6.07) is 20.0. The summed E-state index contributed by atoms with van der Waals surface area (Å²) >= 11 is 3.60. The normalized spacial score (nSPS) is 16.3. The van der Waals surface area contributed by atoms with Gasteiger partial charge in [-0.15, -0.1) is 0 Å². The lowest BCUT2D eigenvalue weighted by Crippen LogP contribution is -2.21. The maximum absolute atomic E-state index is 13.0. The Kier molecular flexibility index (Phi) is 8.27. The molecule has 0 N–H and O–H groups in total. The van der Waals surface area contributed by atoms with Crippen LogP contribution >= 0.6 is 15.9 Å². The predicted molar refractivity (Wildman–Crippen MR) is 138 cm³/mol. The van der Waals surface area contributed by atoms with E-state index < -0.39 is 0 Å². The van der Waals surface area contributed by atoms with E-state index in [-0.39, 0.29) is 5.56 Å². The lowest BCUT2D eigenvalue weighted by molar-refractivity contribution is 0.268. The molecule has 1 aliphatic rings. The number of benzene rings is 2. The van der Waals surface area contributed by atoms with Crippen molar-refractivity contribution in [3.8, 4) is 11.4 Å². The van der Waals surface area contributed by atoms with Gasteiger partial charge in [0.05, 0.1) is 18.0 Å². The van der Waals surface area contributed by atoms with Crippen LogP contribution in [-0.4, -0.2) is 16.0 Å². The molecule has 0 aliphatic heterocycles. The second-order valence-electron chi connectivity index (χ2n) is 8.72. The first-order valence-electron chi connectivity index (χ1n) is 12.1. The van der Waals surface area contributed by atoms with E-state index in [4.69, 9.17) is 4.74 Å². The fraction of sp³-hybridized carbons (Fsp3) is 0.393. The molecule has 5 heteroatoms. The average molecular weight is 509 g/mol. The van der Waals surface area contributed by atoms with Crippen molar-refractivity contribution in [3.05, 3.63) is 92.8 Å². The third-order valence-corrected chi connectivity index (χ3v) is 7.39. The minimum atomic E-state index is 0.0198. The highest BCUT2D eigenvalue weighted by Gasteiger charge is 2.19. The van der Waals surface area contributed by atoms with Crippen molar-refractivity contribution in [2.24, 2.45) is 5.92 Å². The van der Waals surface area contributed by atoms with Crippen LogP contribution in [0, 0.1) is 5.92 Å². The van der Waals surface area contributed by atoms with Gasteiger partial charge < -0.3 is 4.74 Å². The number of rotatable bonds is 9. The molecule has 4 rings (SSSR count). The Morgan fingerprint density at radius 3 is 2.45 bits per heavy atom. The fourth-order valence-electron chi connectivity index (χ4n) is 4.77. The third-order valence-electron chi connectivity index (χ3n) is 6.59. The lowest BCUT2D eigenvalue weighted by Gasteiger charge is -2.15. The molecular formula is C28H33BrN2O2. The molecular weight excluding hydrogens is 476 g/mol. The zero-order chi connectivity index (χ0) is 23.0. The van der Waals surface area contributed by atoms with Gasteiger partial charge in [-0.3, -0.25) is 9.48 Å². The molecule has 0 fully saturated rings. The monoisotopic (exact) mass is 508 g/mol. The highest BCUT2D eigenvalue weighted by Crippen LogP contribution is 2.29. The first-order chi connectivity index (χ1) is 16.2. The van der Waals surface area contributed by atoms with Gasteiger partial charge in [0, 0.05) is 6.54 Å². The number of aromatic nitrogens is 2. The standard InChI is InChI=1S/C28H33BrN2O2/c1-2-30-26(27(29)28(32)31(30)24-12-5-3-6-13-24)19-18-22-10-9-11-23(17-16-22)20-21-33-25-14-7-4-8-15-25/h3-8,10,12-15,23H,2,9,11,16-21H2,1H3. The molecule has 0 bridgehead atoms. The first-order valence-corrected chi connectivity index (χ1v) is 12.9. The minimum Gasteiger partial charge on any atom is -0.494 e. The number of ether oxygens (including phenoxy) is 1.